The van der Waals surface area contributed by atoms with Gasteiger partial charge in [0.25, 0.3) is 0 Å². The Bertz CT molecular complexity index is 403. The van der Waals surface area contributed by atoms with Gasteiger partial charge in [0, 0.05) is 6.54 Å². The number of amides is 1. The Balaban J connectivity index is 1.91. The van der Waals surface area contributed by atoms with Crippen LogP contribution in [-0.4, -0.2) is 18.2 Å². The Kier molecular flexibility index (Phi) is 4.49. The second kappa shape index (κ2) is 6.10. The zero-order chi connectivity index (χ0) is 12.1. The van der Waals surface area contributed by atoms with Gasteiger partial charge in [-0.3, -0.25) is 4.79 Å². The minimum Gasteiger partial charge on any atom is -0.355 e. The van der Waals surface area contributed by atoms with Crippen molar-refractivity contribution in [2.45, 2.75) is 32.1 Å². The second-order valence-electron chi connectivity index (χ2n) is 4.57. The standard InChI is InChI=1S/C14H19NOS/c16-14(10-17)15-8-7-11-5-6-12-3-1-2-4-13(12)9-11/h5-6,9,17H,1-4,7-8,10H2,(H,15,16). The van der Waals surface area contributed by atoms with Crippen molar-refractivity contribution < 1.29 is 4.79 Å². The van der Waals surface area contributed by atoms with Gasteiger partial charge in [-0.1, -0.05) is 18.2 Å². The molecule has 17 heavy (non-hydrogen) atoms. The minimum absolute atomic E-state index is 0.00583. The summed E-state index contributed by atoms with van der Waals surface area (Å²) in [6, 6.07) is 6.75. The summed E-state index contributed by atoms with van der Waals surface area (Å²) in [6.45, 7) is 0.707. The Labute approximate surface area is 108 Å². The summed E-state index contributed by atoms with van der Waals surface area (Å²) in [5, 5.41) is 2.85. The van der Waals surface area contributed by atoms with Gasteiger partial charge >= 0.3 is 0 Å². The number of aryl methyl sites for hydroxylation is 2. The van der Waals surface area contributed by atoms with Crippen molar-refractivity contribution >= 4 is 18.5 Å². The van der Waals surface area contributed by atoms with Crippen molar-refractivity contribution in [1.82, 2.24) is 5.32 Å². The third-order valence-corrected chi connectivity index (χ3v) is 3.58. The normalized spacial score (nSPS) is 14.2. The van der Waals surface area contributed by atoms with Crippen LogP contribution in [0.15, 0.2) is 18.2 Å². The molecule has 1 aromatic carbocycles. The lowest BCUT2D eigenvalue weighted by molar-refractivity contribution is -0.118. The van der Waals surface area contributed by atoms with Crippen molar-refractivity contribution in [2.24, 2.45) is 0 Å². The van der Waals surface area contributed by atoms with Gasteiger partial charge < -0.3 is 5.32 Å². The zero-order valence-electron chi connectivity index (χ0n) is 10.0. The van der Waals surface area contributed by atoms with E-state index < -0.39 is 0 Å². The van der Waals surface area contributed by atoms with Crippen LogP contribution in [0, 0.1) is 0 Å². The predicted molar refractivity (Wildman–Crippen MR) is 73.7 cm³/mol. The molecule has 0 saturated heterocycles. The highest BCUT2D eigenvalue weighted by molar-refractivity contribution is 7.81. The molecule has 2 rings (SSSR count). The first-order valence-electron chi connectivity index (χ1n) is 6.28. The third kappa shape index (κ3) is 3.50. The molecule has 0 bridgehead atoms. The maximum Gasteiger partial charge on any atom is 0.229 e. The lowest BCUT2D eigenvalue weighted by atomic mass is 9.90. The molecule has 0 unspecified atom stereocenters. The molecule has 1 aliphatic rings. The van der Waals surface area contributed by atoms with E-state index in [0.29, 0.717) is 6.54 Å². The van der Waals surface area contributed by atoms with Crippen LogP contribution in [-0.2, 0) is 24.1 Å². The Morgan fingerprint density at radius 1 is 1.24 bits per heavy atom. The summed E-state index contributed by atoms with van der Waals surface area (Å²) in [6.07, 6.45) is 5.99. The minimum atomic E-state index is 0.00583. The summed E-state index contributed by atoms with van der Waals surface area (Å²) >= 11 is 3.93. The van der Waals surface area contributed by atoms with Gasteiger partial charge in [-0.2, -0.15) is 12.6 Å². The molecule has 0 heterocycles. The summed E-state index contributed by atoms with van der Waals surface area (Å²) in [5.41, 5.74) is 4.35. The van der Waals surface area contributed by atoms with Crippen LogP contribution in [0.4, 0.5) is 0 Å². The number of carbonyl (C=O) groups is 1. The molecular weight excluding hydrogens is 230 g/mol. The van der Waals surface area contributed by atoms with Crippen LogP contribution in [0.1, 0.15) is 29.5 Å². The molecule has 0 saturated carbocycles. The molecule has 0 spiro atoms. The fourth-order valence-electron chi connectivity index (χ4n) is 2.34. The molecular formula is C14H19NOS. The second-order valence-corrected chi connectivity index (χ2v) is 4.88. The summed E-state index contributed by atoms with van der Waals surface area (Å²) in [5.74, 6) is 0.274. The van der Waals surface area contributed by atoms with Crippen LogP contribution in [0.3, 0.4) is 0 Å². The number of carbonyl (C=O) groups excluding carboxylic acids is 1. The van der Waals surface area contributed by atoms with Crippen LogP contribution in [0.5, 0.6) is 0 Å². The predicted octanol–water partition coefficient (Wildman–Crippen LogP) is 2.15. The molecule has 0 atom stereocenters. The van der Waals surface area contributed by atoms with Gasteiger partial charge in [-0.05, 0) is 48.8 Å². The van der Waals surface area contributed by atoms with Gasteiger partial charge in [0.05, 0.1) is 5.75 Å². The smallest absolute Gasteiger partial charge is 0.229 e. The number of hydrogen-bond acceptors (Lipinski definition) is 2. The molecule has 0 radical (unpaired) electrons. The number of fused-ring (bicyclic) bond motifs is 1. The summed E-state index contributed by atoms with van der Waals surface area (Å²) in [7, 11) is 0. The maximum absolute atomic E-state index is 11.0. The van der Waals surface area contributed by atoms with Crippen molar-refractivity contribution in [3.63, 3.8) is 0 Å². The highest BCUT2D eigenvalue weighted by atomic mass is 32.1. The van der Waals surface area contributed by atoms with Crippen molar-refractivity contribution in [3.05, 3.63) is 34.9 Å². The Morgan fingerprint density at radius 2 is 2.00 bits per heavy atom. The van der Waals surface area contributed by atoms with Crippen molar-refractivity contribution in [3.8, 4) is 0 Å². The number of hydrogen-bond donors (Lipinski definition) is 2. The third-order valence-electron chi connectivity index (χ3n) is 3.29. The average Bonchev–Trinajstić information content (AvgIpc) is 2.38. The fraction of sp³-hybridized carbons (Fsp3) is 0.500. The molecule has 3 heteroatoms. The molecule has 1 aromatic rings. The van der Waals surface area contributed by atoms with E-state index in [9.17, 15) is 4.79 Å². The Hall–Kier alpha value is -0.960. The Morgan fingerprint density at radius 3 is 2.76 bits per heavy atom. The number of rotatable bonds is 4. The fourth-order valence-corrected chi connectivity index (χ4v) is 2.46. The first-order valence-corrected chi connectivity index (χ1v) is 6.91. The molecule has 0 fully saturated rings. The largest absolute Gasteiger partial charge is 0.355 e. The molecule has 2 nitrogen and oxygen atoms in total. The van der Waals surface area contributed by atoms with E-state index in [-0.39, 0.29) is 11.7 Å². The van der Waals surface area contributed by atoms with Gasteiger partial charge in [-0.25, -0.2) is 0 Å². The van der Waals surface area contributed by atoms with Crippen LogP contribution < -0.4 is 5.32 Å². The van der Waals surface area contributed by atoms with Gasteiger partial charge in [0.1, 0.15) is 0 Å². The van der Waals surface area contributed by atoms with Gasteiger partial charge in [0.2, 0.25) is 5.91 Å². The zero-order valence-corrected chi connectivity index (χ0v) is 10.9. The van der Waals surface area contributed by atoms with E-state index in [1.807, 2.05) is 0 Å². The van der Waals surface area contributed by atoms with Gasteiger partial charge in [-0.15, -0.1) is 0 Å². The highest BCUT2D eigenvalue weighted by Crippen LogP contribution is 2.22. The monoisotopic (exact) mass is 249 g/mol. The van der Waals surface area contributed by atoms with Crippen LogP contribution >= 0.6 is 12.6 Å². The molecule has 1 aliphatic carbocycles. The topological polar surface area (TPSA) is 29.1 Å². The van der Waals surface area contributed by atoms with E-state index >= 15 is 0 Å². The summed E-state index contributed by atoms with van der Waals surface area (Å²) in [4.78, 5) is 11.0. The molecule has 0 aliphatic heterocycles. The first kappa shape index (κ1) is 12.5. The van der Waals surface area contributed by atoms with E-state index in [4.69, 9.17) is 0 Å². The quantitative estimate of drug-likeness (QED) is 0.787. The maximum atomic E-state index is 11.0. The van der Waals surface area contributed by atoms with Crippen molar-refractivity contribution in [1.29, 1.82) is 0 Å². The summed E-state index contributed by atoms with van der Waals surface area (Å²) < 4.78 is 0. The van der Waals surface area contributed by atoms with E-state index in [1.165, 1.54) is 42.4 Å². The van der Waals surface area contributed by atoms with Crippen LogP contribution in [0.25, 0.3) is 0 Å². The number of nitrogens with one attached hydrogen (secondary N) is 1. The number of benzene rings is 1. The van der Waals surface area contributed by atoms with Crippen LogP contribution in [0.2, 0.25) is 0 Å². The van der Waals surface area contributed by atoms with Crippen molar-refractivity contribution in [2.75, 3.05) is 12.3 Å². The molecule has 92 valence electrons. The molecule has 1 N–H and O–H groups in total. The SMILES string of the molecule is O=C(CS)NCCc1ccc2c(c1)CCCC2. The molecule has 0 aromatic heterocycles. The lowest BCUT2D eigenvalue weighted by Crippen LogP contribution is -2.26. The van der Waals surface area contributed by atoms with Gasteiger partial charge in [0.15, 0.2) is 0 Å². The van der Waals surface area contributed by atoms with E-state index in [2.05, 4.69) is 36.1 Å². The van der Waals surface area contributed by atoms with E-state index in [1.54, 1.807) is 0 Å². The number of thiol groups is 1. The first-order chi connectivity index (χ1) is 8.29. The molecule has 1 amide bonds. The highest BCUT2D eigenvalue weighted by Gasteiger charge is 2.09. The lowest BCUT2D eigenvalue weighted by Gasteiger charge is -2.16. The van der Waals surface area contributed by atoms with E-state index in [0.717, 1.165) is 6.42 Å². The average molecular weight is 249 g/mol.